The van der Waals surface area contributed by atoms with E-state index in [-0.39, 0.29) is 5.92 Å². The van der Waals surface area contributed by atoms with Gasteiger partial charge in [0.2, 0.25) is 0 Å². The van der Waals surface area contributed by atoms with Gasteiger partial charge in [0.1, 0.15) is 11.8 Å². The molecule has 6 heteroatoms. The van der Waals surface area contributed by atoms with Gasteiger partial charge in [-0.1, -0.05) is 24.5 Å². The first-order valence-electron chi connectivity index (χ1n) is 6.02. The van der Waals surface area contributed by atoms with Crippen molar-refractivity contribution in [3.8, 4) is 0 Å². The van der Waals surface area contributed by atoms with E-state index in [1.54, 1.807) is 7.05 Å². The Bertz CT molecular complexity index is 357. The molecule has 0 saturated heterocycles. The predicted molar refractivity (Wildman–Crippen MR) is 66.2 cm³/mol. The highest BCUT2D eigenvalue weighted by atomic mass is 79.9. The van der Waals surface area contributed by atoms with E-state index < -0.39 is 12.2 Å². The van der Waals surface area contributed by atoms with Crippen molar-refractivity contribution in [2.75, 3.05) is 0 Å². The number of aryl methyl sites for hydroxylation is 1. The summed E-state index contributed by atoms with van der Waals surface area (Å²) in [5, 5.41) is 28.1. The molecule has 1 aromatic heterocycles. The van der Waals surface area contributed by atoms with Crippen LogP contribution in [0.4, 0.5) is 0 Å². The minimum Gasteiger partial charge on any atom is -0.390 e. The number of aromatic nitrogens is 3. The quantitative estimate of drug-likeness (QED) is 0.889. The molecule has 2 rings (SSSR count). The van der Waals surface area contributed by atoms with E-state index in [4.69, 9.17) is 0 Å². The Morgan fingerprint density at radius 1 is 1.29 bits per heavy atom. The molecule has 0 aliphatic heterocycles. The summed E-state index contributed by atoms with van der Waals surface area (Å²) >= 11 is 3.24. The van der Waals surface area contributed by atoms with Crippen molar-refractivity contribution in [2.45, 2.75) is 44.3 Å². The number of nitrogens with zero attached hydrogens (tertiary/aromatic N) is 3. The monoisotopic (exact) mass is 303 g/mol. The van der Waals surface area contributed by atoms with Crippen LogP contribution in [0.3, 0.4) is 0 Å². The maximum Gasteiger partial charge on any atom is 0.154 e. The van der Waals surface area contributed by atoms with Gasteiger partial charge >= 0.3 is 0 Å². The lowest BCUT2D eigenvalue weighted by Gasteiger charge is -2.29. The average molecular weight is 304 g/mol. The summed E-state index contributed by atoms with van der Waals surface area (Å²) in [7, 11) is 1.71. The van der Waals surface area contributed by atoms with Crippen molar-refractivity contribution >= 4 is 15.9 Å². The lowest BCUT2D eigenvalue weighted by atomic mass is 9.83. The third-order valence-electron chi connectivity index (χ3n) is 3.56. The van der Waals surface area contributed by atoms with Crippen LogP contribution in [0.1, 0.15) is 43.9 Å². The van der Waals surface area contributed by atoms with Crippen LogP contribution in [-0.2, 0) is 7.05 Å². The van der Waals surface area contributed by atoms with Crippen molar-refractivity contribution in [3.63, 3.8) is 0 Å². The van der Waals surface area contributed by atoms with E-state index in [0.717, 1.165) is 25.7 Å². The zero-order valence-corrected chi connectivity index (χ0v) is 11.5. The molecular formula is C11H18BrN3O2. The fourth-order valence-electron chi connectivity index (χ4n) is 2.55. The molecule has 2 N–H and O–H groups in total. The van der Waals surface area contributed by atoms with Crippen LogP contribution in [0.15, 0.2) is 4.60 Å². The Kier molecular flexibility index (Phi) is 4.17. The van der Waals surface area contributed by atoms with Crippen molar-refractivity contribution in [2.24, 2.45) is 13.0 Å². The van der Waals surface area contributed by atoms with E-state index in [2.05, 4.69) is 26.2 Å². The van der Waals surface area contributed by atoms with E-state index in [9.17, 15) is 10.2 Å². The highest BCUT2D eigenvalue weighted by Crippen LogP contribution is 2.33. The third-order valence-corrected chi connectivity index (χ3v) is 4.13. The first-order chi connectivity index (χ1) is 8.11. The van der Waals surface area contributed by atoms with Gasteiger partial charge in [-0.15, -0.1) is 5.10 Å². The summed E-state index contributed by atoms with van der Waals surface area (Å²) in [6.07, 6.45) is 3.83. The maximum absolute atomic E-state index is 10.2. The third kappa shape index (κ3) is 2.69. The summed E-state index contributed by atoms with van der Waals surface area (Å²) in [6, 6.07) is 0. The second kappa shape index (κ2) is 5.46. The molecule has 1 fully saturated rings. The lowest BCUT2D eigenvalue weighted by Crippen LogP contribution is -2.30. The molecule has 96 valence electrons. The fourth-order valence-corrected chi connectivity index (χ4v) is 3.11. The second-order valence-electron chi connectivity index (χ2n) is 4.72. The normalized spacial score (nSPS) is 21.4. The Labute approximate surface area is 109 Å². The molecule has 2 atom stereocenters. The number of hydrogen-bond donors (Lipinski definition) is 2. The van der Waals surface area contributed by atoms with Gasteiger partial charge in [-0.25, -0.2) is 4.68 Å². The van der Waals surface area contributed by atoms with Crippen molar-refractivity contribution in [1.82, 2.24) is 15.0 Å². The molecule has 0 amide bonds. The fraction of sp³-hybridized carbons (Fsp3) is 0.818. The topological polar surface area (TPSA) is 71.2 Å². The van der Waals surface area contributed by atoms with E-state index in [1.165, 1.54) is 11.1 Å². The molecule has 0 radical (unpaired) electrons. The van der Waals surface area contributed by atoms with Crippen molar-refractivity contribution in [1.29, 1.82) is 0 Å². The minimum atomic E-state index is -0.924. The highest BCUT2D eigenvalue weighted by molar-refractivity contribution is 9.10. The van der Waals surface area contributed by atoms with Gasteiger partial charge in [0.25, 0.3) is 0 Å². The number of rotatable bonds is 3. The van der Waals surface area contributed by atoms with Crippen LogP contribution in [0.2, 0.25) is 0 Å². The van der Waals surface area contributed by atoms with E-state index in [1.807, 2.05) is 0 Å². The van der Waals surface area contributed by atoms with Crippen molar-refractivity contribution < 1.29 is 10.2 Å². The van der Waals surface area contributed by atoms with Crippen molar-refractivity contribution in [3.05, 3.63) is 10.3 Å². The number of aliphatic hydroxyl groups excluding tert-OH is 2. The molecule has 1 aliphatic rings. The summed E-state index contributed by atoms with van der Waals surface area (Å²) in [6.45, 7) is 0. The Morgan fingerprint density at radius 2 is 1.94 bits per heavy atom. The second-order valence-corrected chi connectivity index (χ2v) is 5.47. The molecule has 1 saturated carbocycles. The van der Waals surface area contributed by atoms with Crippen LogP contribution in [0, 0.1) is 5.92 Å². The first kappa shape index (κ1) is 13.0. The smallest absolute Gasteiger partial charge is 0.154 e. The van der Waals surface area contributed by atoms with Gasteiger partial charge in [0, 0.05) is 7.05 Å². The molecule has 0 bridgehead atoms. The van der Waals surface area contributed by atoms with E-state index >= 15 is 0 Å². The van der Waals surface area contributed by atoms with E-state index in [0.29, 0.717) is 10.3 Å². The Morgan fingerprint density at radius 3 is 2.47 bits per heavy atom. The van der Waals surface area contributed by atoms with Gasteiger partial charge in [-0.05, 0) is 34.7 Å². The molecule has 2 unspecified atom stereocenters. The zero-order chi connectivity index (χ0) is 12.4. The minimum absolute atomic E-state index is 0.181. The molecule has 5 nitrogen and oxygen atoms in total. The van der Waals surface area contributed by atoms with Crippen LogP contribution < -0.4 is 0 Å². The Balaban J connectivity index is 2.10. The lowest BCUT2D eigenvalue weighted by molar-refractivity contribution is -0.0325. The summed E-state index contributed by atoms with van der Waals surface area (Å²) in [4.78, 5) is 0. The summed E-state index contributed by atoms with van der Waals surface area (Å²) in [5.74, 6) is 0.181. The average Bonchev–Trinajstić information content (AvgIpc) is 2.68. The molecule has 1 aromatic rings. The SMILES string of the molecule is Cn1nnc(Br)c1C(O)C(O)C1CCCCC1. The number of aliphatic hydroxyl groups is 2. The maximum atomic E-state index is 10.2. The molecule has 1 heterocycles. The number of halogens is 1. The highest BCUT2D eigenvalue weighted by Gasteiger charge is 2.31. The van der Waals surface area contributed by atoms with Crippen LogP contribution >= 0.6 is 15.9 Å². The van der Waals surface area contributed by atoms with Gasteiger partial charge < -0.3 is 10.2 Å². The Hall–Kier alpha value is -0.460. The first-order valence-corrected chi connectivity index (χ1v) is 6.81. The standard InChI is InChI=1S/C11H18BrN3O2/c1-15-8(11(12)13-14-15)10(17)9(16)7-5-3-2-4-6-7/h7,9-10,16-17H,2-6H2,1H3. The number of hydrogen-bond acceptors (Lipinski definition) is 4. The van der Waals surface area contributed by atoms with Gasteiger partial charge in [-0.3, -0.25) is 0 Å². The van der Waals surface area contributed by atoms with Gasteiger partial charge in [0.05, 0.1) is 6.10 Å². The molecule has 17 heavy (non-hydrogen) atoms. The zero-order valence-electron chi connectivity index (χ0n) is 9.88. The van der Waals surface area contributed by atoms with Crippen LogP contribution in [-0.4, -0.2) is 31.3 Å². The van der Waals surface area contributed by atoms with Gasteiger partial charge in [0.15, 0.2) is 4.60 Å². The summed E-state index contributed by atoms with van der Waals surface area (Å²) in [5.41, 5.74) is 0.545. The van der Waals surface area contributed by atoms with Crippen LogP contribution in [0.5, 0.6) is 0 Å². The summed E-state index contributed by atoms with van der Waals surface area (Å²) < 4.78 is 2.00. The van der Waals surface area contributed by atoms with Crippen LogP contribution in [0.25, 0.3) is 0 Å². The largest absolute Gasteiger partial charge is 0.390 e. The molecule has 0 aromatic carbocycles. The predicted octanol–water partition coefficient (Wildman–Crippen LogP) is 1.55. The van der Waals surface area contributed by atoms with Gasteiger partial charge in [-0.2, -0.15) is 0 Å². The molecular weight excluding hydrogens is 286 g/mol. The molecule has 1 aliphatic carbocycles. The molecule has 0 spiro atoms.